The minimum Gasteiger partial charge on any atom is -0.153 e. The van der Waals surface area contributed by atoms with Crippen molar-refractivity contribution in [1.29, 1.82) is 0 Å². The number of hydrogen-bond donors (Lipinski definition) is 0. The molecule has 4 heteroatoms. The van der Waals surface area contributed by atoms with E-state index in [2.05, 4.69) is 61.5 Å². The summed E-state index contributed by atoms with van der Waals surface area (Å²) in [7, 11) is -2.50. The van der Waals surface area contributed by atoms with Crippen LogP contribution in [0, 0.1) is 0 Å². The molecule has 0 radical (unpaired) electrons. The highest BCUT2D eigenvalue weighted by molar-refractivity contribution is 7.27. The highest BCUT2D eigenvalue weighted by Crippen LogP contribution is 2.27. The summed E-state index contributed by atoms with van der Waals surface area (Å²) in [6, 6.07) is 2.29. The standard InChI is InChI=1S/C14H22S2Si2/c1-17(2,3)12-10-16-14(18(4,5)6)13(12)11-7-8-15-9-11/h7-10H,1-6H3. The van der Waals surface area contributed by atoms with Crippen LogP contribution in [0.2, 0.25) is 39.3 Å². The molecule has 0 saturated heterocycles. The third kappa shape index (κ3) is 2.71. The van der Waals surface area contributed by atoms with Gasteiger partial charge in [-0.15, -0.1) is 0 Å². The van der Waals surface area contributed by atoms with E-state index in [1.807, 2.05) is 22.7 Å². The Bertz CT molecular complexity index is 494. The highest BCUT2D eigenvalue weighted by atomic mass is 32.1. The van der Waals surface area contributed by atoms with E-state index in [1.54, 1.807) is 15.3 Å². The van der Waals surface area contributed by atoms with Crippen molar-refractivity contribution in [3.05, 3.63) is 22.2 Å². The van der Waals surface area contributed by atoms with Crippen LogP contribution in [0.4, 0.5) is 0 Å². The van der Waals surface area contributed by atoms with E-state index in [1.165, 1.54) is 5.56 Å². The third-order valence-corrected chi connectivity index (χ3v) is 10.6. The van der Waals surface area contributed by atoms with Gasteiger partial charge in [0.2, 0.25) is 0 Å². The minimum atomic E-state index is -1.25. The Morgan fingerprint density at radius 3 is 2.00 bits per heavy atom. The maximum atomic E-state index is 2.46. The number of thiophene rings is 2. The summed E-state index contributed by atoms with van der Waals surface area (Å²) in [5.74, 6) is 0. The lowest BCUT2D eigenvalue weighted by molar-refractivity contribution is 1.73. The molecule has 0 bridgehead atoms. The van der Waals surface area contributed by atoms with Crippen LogP contribution in [0.25, 0.3) is 11.1 Å². The molecule has 98 valence electrons. The molecule has 18 heavy (non-hydrogen) atoms. The molecule has 0 N–H and O–H groups in total. The van der Waals surface area contributed by atoms with Crippen molar-refractivity contribution in [3.63, 3.8) is 0 Å². The summed E-state index contributed by atoms with van der Waals surface area (Å²) >= 11 is 3.82. The number of rotatable bonds is 3. The highest BCUT2D eigenvalue weighted by Gasteiger charge is 2.30. The SMILES string of the molecule is C[Si](C)(C)c1csc([Si](C)(C)C)c1-c1ccsc1. The quantitative estimate of drug-likeness (QED) is 0.729. The van der Waals surface area contributed by atoms with Crippen LogP contribution < -0.4 is 9.69 Å². The van der Waals surface area contributed by atoms with Crippen molar-refractivity contribution < 1.29 is 0 Å². The van der Waals surface area contributed by atoms with Crippen molar-refractivity contribution in [2.75, 3.05) is 0 Å². The van der Waals surface area contributed by atoms with Crippen LogP contribution in [-0.4, -0.2) is 16.1 Å². The molecule has 0 unspecified atom stereocenters. The summed E-state index contributed by atoms with van der Waals surface area (Å²) in [6.45, 7) is 14.8. The third-order valence-electron chi connectivity index (χ3n) is 3.09. The van der Waals surface area contributed by atoms with Crippen LogP contribution in [-0.2, 0) is 0 Å². The average molecular weight is 311 g/mol. The van der Waals surface area contributed by atoms with Crippen molar-refractivity contribution in [1.82, 2.24) is 0 Å². The molecule has 2 aromatic rings. The minimum absolute atomic E-state index is 1.25. The smallest absolute Gasteiger partial charge is 0.0912 e. The molecule has 0 atom stereocenters. The largest absolute Gasteiger partial charge is 0.153 e. The number of hydrogen-bond acceptors (Lipinski definition) is 2. The molecule has 0 fully saturated rings. The van der Waals surface area contributed by atoms with Crippen molar-refractivity contribution in [2.45, 2.75) is 39.3 Å². The van der Waals surface area contributed by atoms with Crippen molar-refractivity contribution in [2.24, 2.45) is 0 Å². The first-order chi connectivity index (χ1) is 8.21. The Kier molecular flexibility index (Phi) is 3.75. The molecule has 0 aromatic carbocycles. The Morgan fingerprint density at radius 2 is 1.56 bits per heavy atom. The maximum absolute atomic E-state index is 2.46. The first kappa shape index (κ1) is 14.2. The van der Waals surface area contributed by atoms with Gasteiger partial charge in [-0.05, 0) is 43.0 Å². The molecule has 0 spiro atoms. The molecule has 0 aliphatic carbocycles. The summed E-state index contributed by atoms with van der Waals surface area (Å²) in [4.78, 5) is 0. The van der Waals surface area contributed by atoms with Crippen LogP contribution in [0.3, 0.4) is 0 Å². The van der Waals surface area contributed by atoms with Crippen molar-refractivity contribution >= 4 is 48.5 Å². The molecule has 2 aromatic heterocycles. The Labute approximate surface area is 121 Å². The second-order valence-electron chi connectivity index (χ2n) is 6.87. The first-order valence-corrected chi connectivity index (χ1v) is 15.2. The van der Waals surface area contributed by atoms with Gasteiger partial charge in [-0.25, -0.2) is 0 Å². The summed E-state index contributed by atoms with van der Waals surface area (Å²) in [5.41, 5.74) is 3.05. The summed E-state index contributed by atoms with van der Waals surface area (Å²) in [6.07, 6.45) is 0. The van der Waals surface area contributed by atoms with E-state index < -0.39 is 16.1 Å². The average Bonchev–Trinajstić information content (AvgIpc) is 2.83. The van der Waals surface area contributed by atoms with Gasteiger partial charge < -0.3 is 0 Å². The zero-order chi connectivity index (χ0) is 13.6. The topological polar surface area (TPSA) is 0 Å². The van der Waals surface area contributed by atoms with Gasteiger partial charge in [-0.2, -0.15) is 22.7 Å². The molecule has 0 aliphatic rings. The lowest BCUT2D eigenvalue weighted by Gasteiger charge is -2.21. The monoisotopic (exact) mass is 310 g/mol. The van der Waals surface area contributed by atoms with E-state index >= 15 is 0 Å². The molecule has 0 aliphatic heterocycles. The molecule has 0 saturated carbocycles. The van der Waals surface area contributed by atoms with Crippen LogP contribution >= 0.6 is 22.7 Å². The molecule has 0 amide bonds. The van der Waals surface area contributed by atoms with Gasteiger partial charge in [0.05, 0.1) is 16.1 Å². The van der Waals surface area contributed by atoms with E-state index in [0.717, 1.165) is 0 Å². The Hall–Kier alpha value is -0.166. The normalized spacial score (nSPS) is 13.0. The van der Waals surface area contributed by atoms with E-state index in [0.29, 0.717) is 0 Å². The van der Waals surface area contributed by atoms with E-state index in [-0.39, 0.29) is 0 Å². The van der Waals surface area contributed by atoms with E-state index in [9.17, 15) is 0 Å². The van der Waals surface area contributed by atoms with Crippen LogP contribution in [0.1, 0.15) is 0 Å². The predicted octanol–water partition coefficient (Wildman–Crippen LogP) is 4.57. The zero-order valence-corrected chi connectivity index (χ0v) is 15.8. The van der Waals surface area contributed by atoms with Gasteiger partial charge in [0.1, 0.15) is 0 Å². The second-order valence-corrected chi connectivity index (χ2v) is 18.9. The van der Waals surface area contributed by atoms with Gasteiger partial charge >= 0.3 is 0 Å². The van der Waals surface area contributed by atoms with Gasteiger partial charge in [-0.3, -0.25) is 0 Å². The molecule has 2 heterocycles. The lowest BCUT2D eigenvalue weighted by atomic mass is 10.2. The van der Waals surface area contributed by atoms with Crippen LogP contribution in [0.5, 0.6) is 0 Å². The fourth-order valence-corrected chi connectivity index (χ4v) is 8.95. The summed E-state index contributed by atoms with van der Waals surface area (Å²) < 4.78 is 1.68. The molecule has 2 rings (SSSR count). The Balaban J connectivity index is 2.69. The zero-order valence-electron chi connectivity index (χ0n) is 12.1. The summed E-state index contributed by atoms with van der Waals surface area (Å²) in [5, 5.41) is 8.63. The Morgan fingerprint density at radius 1 is 0.889 bits per heavy atom. The van der Waals surface area contributed by atoms with Gasteiger partial charge in [-0.1, -0.05) is 39.3 Å². The molecular formula is C14H22S2Si2. The predicted molar refractivity (Wildman–Crippen MR) is 93.6 cm³/mol. The second kappa shape index (κ2) is 4.74. The lowest BCUT2D eigenvalue weighted by Crippen LogP contribution is -2.43. The van der Waals surface area contributed by atoms with Crippen LogP contribution in [0.15, 0.2) is 22.2 Å². The van der Waals surface area contributed by atoms with E-state index in [4.69, 9.17) is 0 Å². The van der Waals surface area contributed by atoms with Gasteiger partial charge in [0.25, 0.3) is 0 Å². The molecule has 0 nitrogen and oxygen atoms in total. The molecular weight excluding hydrogens is 288 g/mol. The fourth-order valence-electron chi connectivity index (χ4n) is 2.15. The van der Waals surface area contributed by atoms with Gasteiger partial charge in [0.15, 0.2) is 0 Å². The van der Waals surface area contributed by atoms with Crippen molar-refractivity contribution in [3.8, 4) is 11.1 Å². The van der Waals surface area contributed by atoms with Gasteiger partial charge in [0, 0.05) is 0 Å². The fraction of sp³-hybridized carbons (Fsp3) is 0.429. The first-order valence-electron chi connectivity index (χ1n) is 6.36. The maximum Gasteiger partial charge on any atom is 0.0912 e.